The Morgan fingerprint density at radius 3 is 2.96 bits per heavy atom. The molecule has 0 amide bonds. The monoisotopic (exact) mass is 310 g/mol. The molecule has 0 aromatic carbocycles. The Morgan fingerprint density at radius 2 is 2.22 bits per heavy atom. The quantitative estimate of drug-likeness (QED) is 0.709. The number of nitrogens with zero attached hydrogens (tertiary/aromatic N) is 3. The number of esters is 1. The zero-order chi connectivity index (χ0) is 16.1. The average Bonchev–Trinajstić information content (AvgIpc) is 2.98. The Bertz CT molecular complexity index is 763. The molecule has 3 heterocycles. The molecule has 0 unspecified atom stereocenters. The van der Waals surface area contributed by atoms with E-state index in [0.717, 1.165) is 30.1 Å². The van der Waals surface area contributed by atoms with Crippen LogP contribution in [-0.2, 0) is 11.2 Å². The van der Waals surface area contributed by atoms with Crippen molar-refractivity contribution in [3.63, 3.8) is 0 Å². The van der Waals surface area contributed by atoms with Crippen LogP contribution in [0.3, 0.4) is 0 Å². The van der Waals surface area contributed by atoms with Crippen molar-refractivity contribution in [1.82, 2.24) is 14.4 Å². The number of carbonyl (C=O) groups is 1. The molecule has 0 spiro atoms. The fraction of sp³-hybridized carbons (Fsp3) is 0.235. The molecule has 0 saturated carbocycles. The van der Waals surface area contributed by atoms with Gasteiger partial charge in [0.2, 0.25) is 0 Å². The van der Waals surface area contributed by atoms with Gasteiger partial charge in [0, 0.05) is 31.6 Å². The minimum absolute atomic E-state index is 0.351. The zero-order valence-electron chi connectivity index (χ0n) is 12.9. The number of hydrogen-bond donors (Lipinski definition) is 1. The number of anilines is 1. The van der Waals surface area contributed by atoms with Gasteiger partial charge in [0.25, 0.3) is 0 Å². The van der Waals surface area contributed by atoms with Crippen molar-refractivity contribution in [3.05, 3.63) is 60.2 Å². The molecule has 0 bridgehead atoms. The first kappa shape index (κ1) is 15.0. The lowest BCUT2D eigenvalue weighted by Gasteiger charge is -2.05. The molecule has 23 heavy (non-hydrogen) atoms. The van der Waals surface area contributed by atoms with Crippen LogP contribution in [0.15, 0.2) is 48.9 Å². The van der Waals surface area contributed by atoms with E-state index in [1.165, 1.54) is 6.20 Å². The number of pyridine rings is 2. The fourth-order valence-electron chi connectivity index (χ4n) is 2.26. The third-order valence-electron chi connectivity index (χ3n) is 3.38. The van der Waals surface area contributed by atoms with Crippen LogP contribution in [0, 0.1) is 0 Å². The van der Waals surface area contributed by atoms with E-state index < -0.39 is 0 Å². The highest BCUT2D eigenvalue weighted by atomic mass is 16.5. The number of fused-ring (bicyclic) bond motifs is 1. The Balaban J connectivity index is 1.55. The van der Waals surface area contributed by atoms with Gasteiger partial charge < -0.3 is 14.5 Å². The number of hydrogen-bond acceptors (Lipinski definition) is 5. The SMILES string of the molecule is CCOC(=O)c1ccc(NCCc2cn3ccccc3n2)nc1. The highest BCUT2D eigenvalue weighted by molar-refractivity contribution is 5.89. The van der Waals surface area contributed by atoms with E-state index in [1.807, 2.05) is 35.0 Å². The summed E-state index contributed by atoms with van der Waals surface area (Å²) in [5.74, 6) is 0.373. The van der Waals surface area contributed by atoms with Crippen molar-refractivity contribution in [2.24, 2.45) is 0 Å². The van der Waals surface area contributed by atoms with E-state index in [4.69, 9.17) is 4.74 Å². The number of imidazole rings is 1. The first-order valence-corrected chi connectivity index (χ1v) is 7.56. The van der Waals surface area contributed by atoms with Crippen LogP contribution in [-0.4, -0.2) is 33.5 Å². The predicted octanol–water partition coefficient (Wildman–Crippen LogP) is 2.56. The van der Waals surface area contributed by atoms with E-state index in [2.05, 4.69) is 15.3 Å². The highest BCUT2D eigenvalue weighted by Crippen LogP contribution is 2.08. The lowest BCUT2D eigenvalue weighted by Crippen LogP contribution is -2.08. The minimum Gasteiger partial charge on any atom is -0.462 e. The maximum atomic E-state index is 11.5. The van der Waals surface area contributed by atoms with Gasteiger partial charge in [-0.15, -0.1) is 0 Å². The van der Waals surface area contributed by atoms with Crippen LogP contribution in [0.25, 0.3) is 5.65 Å². The molecule has 0 aliphatic heterocycles. The van der Waals surface area contributed by atoms with Crippen LogP contribution >= 0.6 is 0 Å². The summed E-state index contributed by atoms with van der Waals surface area (Å²) in [6.45, 7) is 2.86. The summed E-state index contributed by atoms with van der Waals surface area (Å²) in [7, 11) is 0. The molecular weight excluding hydrogens is 292 g/mol. The largest absolute Gasteiger partial charge is 0.462 e. The molecule has 0 radical (unpaired) electrons. The van der Waals surface area contributed by atoms with Gasteiger partial charge in [0.1, 0.15) is 11.5 Å². The van der Waals surface area contributed by atoms with E-state index in [-0.39, 0.29) is 5.97 Å². The molecule has 1 N–H and O–H groups in total. The molecule has 6 heteroatoms. The van der Waals surface area contributed by atoms with Gasteiger partial charge >= 0.3 is 5.97 Å². The second-order valence-electron chi connectivity index (χ2n) is 5.03. The van der Waals surface area contributed by atoms with E-state index in [9.17, 15) is 4.79 Å². The first-order valence-electron chi connectivity index (χ1n) is 7.56. The van der Waals surface area contributed by atoms with E-state index >= 15 is 0 Å². The third-order valence-corrected chi connectivity index (χ3v) is 3.38. The third kappa shape index (κ3) is 3.66. The summed E-state index contributed by atoms with van der Waals surface area (Å²) in [6, 6.07) is 9.41. The Labute approximate surface area is 134 Å². The molecule has 6 nitrogen and oxygen atoms in total. The fourth-order valence-corrected chi connectivity index (χ4v) is 2.26. The molecule has 0 saturated heterocycles. The van der Waals surface area contributed by atoms with Crippen LogP contribution in [0.1, 0.15) is 23.0 Å². The second-order valence-corrected chi connectivity index (χ2v) is 5.03. The van der Waals surface area contributed by atoms with E-state index in [0.29, 0.717) is 12.2 Å². The van der Waals surface area contributed by atoms with Gasteiger partial charge in [-0.1, -0.05) is 6.07 Å². The summed E-state index contributed by atoms with van der Waals surface area (Å²) in [4.78, 5) is 20.3. The first-order chi connectivity index (χ1) is 11.3. The molecule has 0 fully saturated rings. The second kappa shape index (κ2) is 6.91. The van der Waals surface area contributed by atoms with Gasteiger partial charge in [-0.25, -0.2) is 14.8 Å². The lowest BCUT2D eigenvalue weighted by atomic mass is 10.3. The summed E-state index contributed by atoms with van der Waals surface area (Å²) in [6.07, 6.45) is 6.32. The lowest BCUT2D eigenvalue weighted by molar-refractivity contribution is 0.0526. The van der Waals surface area contributed by atoms with Crippen molar-refractivity contribution < 1.29 is 9.53 Å². The molecule has 3 rings (SSSR count). The summed E-state index contributed by atoms with van der Waals surface area (Å²) < 4.78 is 6.93. The Morgan fingerprint density at radius 1 is 1.30 bits per heavy atom. The van der Waals surface area contributed by atoms with Crippen molar-refractivity contribution in [2.45, 2.75) is 13.3 Å². The van der Waals surface area contributed by atoms with Crippen molar-refractivity contribution in [1.29, 1.82) is 0 Å². The topological polar surface area (TPSA) is 68.5 Å². The van der Waals surface area contributed by atoms with Gasteiger partial charge in [-0.05, 0) is 31.2 Å². The molecular formula is C17H18N4O2. The molecule has 0 aliphatic rings. The van der Waals surface area contributed by atoms with Gasteiger partial charge in [-0.2, -0.15) is 0 Å². The highest BCUT2D eigenvalue weighted by Gasteiger charge is 2.06. The van der Waals surface area contributed by atoms with Crippen LogP contribution < -0.4 is 5.32 Å². The average molecular weight is 310 g/mol. The molecule has 3 aromatic heterocycles. The maximum Gasteiger partial charge on any atom is 0.339 e. The van der Waals surface area contributed by atoms with Crippen LogP contribution in [0.2, 0.25) is 0 Å². The Hall–Kier alpha value is -2.89. The summed E-state index contributed by atoms with van der Waals surface area (Å²) >= 11 is 0. The van der Waals surface area contributed by atoms with Gasteiger partial charge in [0.05, 0.1) is 17.9 Å². The van der Waals surface area contributed by atoms with Crippen molar-refractivity contribution in [3.8, 4) is 0 Å². The normalized spacial score (nSPS) is 10.7. The van der Waals surface area contributed by atoms with E-state index in [1.54, 1.807) is 19.1 Å². The number of carbonyl (C=O) groups excluding carboxylic acids is 1. The smallest absolute Gasteiger partial charge is 0.339 e. The molecule has 118 valence electrons. The van der Waals surface area contributed by atoms with Crippen LogP contribution in [0.4, 0.5) is 5.82 Å². The maximum absolute atomic E-state index is 11.5. The predicted molar refractivity (Wildman–Crippen MR) is 87.6 cm³/mol. The molecule has 3 aromatic rings. The van der Waals surface area contributed by atoms with Crippen molar-refractivity contribution in [2.75, 3.05) is 18.5 Å². The van der Waals surface area contributed by atoms with Gasteiger partial charge in [0.15, 0.2) is 0 Å². The van der Waals surface area contributed by atoms with Crippen molar-refractivity contribution >= 4 is 17.4 Å². The standard InChI is InChI=1S/C17H18N4O2/c1-2-23-17(22)13-6-7-15(19-11-13)18-9-8-14-12-21-10-4-3-5-16(21)20-14/h3-7,10-12H,2,8-9H2,1H3,(H,18,19). The summed E-state index contributed by atoms with van der Waals surface area (Å²) in [5.41, 5.74) is 2.42. The Kier molecular flexibility index (Phi) is 4.52. The van der Waals surface area contributed by atoms with Gasteiger partial charge in [-0.3, -0.25) is 0 Å². The number of ether oxygens (including phenoxy) is 1. The molecule has 0 aliphatic carbocycles. The van der Waals surface area contributed by atoms with Crippen LogP contribution in [0.5, 0.6) is 0 Å². The number of aromatic nitrogens is 3. The summed E-state index contributed by atoms with van der Waals surface area (Å²) in [5, 5.41) is 3.22. The molecule has 0 atom stereocenters. The zero-order valence-corrected chi connectivity index (χ0v) is 12.9. The minimum atomic E-state index is -0.351. The number of rotatable bonds is 6. The number of nitrogens with one attached hydrogen (secondary N) is 1.